The van der Waals surface area contributed by atoms with Crippen LogP contribution < -0.4 is 0 Å². The van der Waals surface area contributed by atoms with Crippen LogP contribution in [0.5, 0.6) is 0 Å². The molecule has 0 aromatic carbocycles. The fourth-order valence-electron chi connectivity index (χ4n) is 5.22. The highest BCUT2D eigenvalue weighted by molar-refractivity contribution is 4.93. The van der Waals surface area contributed by atoms with Crippen LogP contribution in [0.15, 0.2) is 0 Å². The molecule has 0 amide bonds. The Hall–Kier alpha value is -0.120. The van der Waals surface area contributed by atoms with Gasteiger partial charge in [0.2, 0.25) is 0 Å². The van der Waals surface area contributed by atoms with Gasteiger partial charge in [0.1, 0.15) is 0 Å². The summed E-state index contributed by atoms with van der Waals surface area (Å²) >= 11 is 0. The van der Waals surface area contributed by atoms with Crippen LogP contribution in [0.4, 0.5) is 0 Å². The zero-order chi connectivity index (χ0) is 17.3. The van der Waals surface area contributed by atoms with Gasteiger partial charge >= 0.3 is 0 Å². The smallest absolute Gasteiger partial charge is 0.0198 e. The number of rotatable bonds is 5. The SMILES string of the molecule is CC(C)C1CC(N2CCN(CC3CCN(C(C)C)CC3)C[C@H]2C)C1. The molecule has 0 bridgehead atoms. The number of likely N-dealkylation sites (tertiary alicyclic amines) is 1. The molecule has 24 heavy (non-hydrogen) atoms. The Morgan fingerprint density at radius 1 is 0.917 bits per heavy atom. The molecule has 3 heteroatoms. The van der Waals surface area contributed by atoms with Gasteiger partial charge in [-0.3, -0.25) is 4.90 Å². The first kappa shape index (κ1) is 18.7. The predicted octanol–water partition coefficient (Wildman–Crippen LogP) is 3.55. The minimum absolute atomic E-state index is 0.728. The van der Waals surface area contributed by atoms with Crippen molar-refractivity contribution in [1.29, 1.82) is 0 Å². The highest BCUT2D eigenvalue weighted by Crippen LogP contribution is 2.38. The van der Waals surface area contributed by atoms with Gasteiger partial charge < -0.3 is 9.80 Å². The molecule has 3 nitrogen and oxygen atoms in total. The van der Waals surface area contributed by atoms with Crippen molar-refractivity contribution in [1.82, 2.24) is 14.7 Å². The van der Waals surface area contributed by atoms with Crippen LogP contribution in [0.3, 0.4) is 0 Å². The molecule has 0 radical (unpaired) electrons. The van der Waals surface area contributed by atoms with Gasteiger partial charge in [0.05, 0.1) is 0 Å². The van der Waals surface area contributed by atoms with Crippen molar-refractivity contribution in [3.8, 4) is 0 Å². The lowest BCUT2D eigenvalue weighted by atomic mass is 9.72. The topological polar surface area (TPSA) is 9.72 Å². The van der Waals surface area contributed by atoms with Gasteiger partial charge in [0, 0.05) is 44.3 Å². The normalized spacial score (nSPS) is 34.9. The van der Waals surface area contributed by atoms with Crippen molar-refractivity contribution in [3.63, 3.8) is 0 Å². The fraction of sp³-hybridized carbons (Fsp3) is 1.00. The van der Waals surface area contributed by atoms with E-state index in [9.17, 15) is 0 Å². The summed E-state index contributed by atoms with van der Waals surface area (Å²) < 4.78 is 0. The minimum atomic E-state index is 0.728. The maximum absolute atomic E-state index is 2.83. The molecule has 0 unspecified atom stereocenters. The molecule has 1 aliphatic carbocycles. The van der Waals surface area contributed by atoms with Gasteiger partial charge in [-0.2, -0.15) is 0 Å². The zero-order valence-electron chi connectivity index (χ0n) is 16.9. The zero-order valence-corrected chi connectivity index (χ0v) is 16.9. The van der Waals surface area contributed by atoms with Crippen molar-refractivity contribution in [2.45, 2.75) is 78.4 Å². The van der Waals surface area contributed by atoms with E-state index >= 15 is 0 Å². The second kappa shape index (κ2) is 8.05. The molecule has 140 valence electrons. The van der Waals surface area contributed by atoms with E-state index in [1.807, 2.05) is 0 Å². The number of piperazine rings is 1. The minimum Gasteiger partial charge on any atom is -0.301 e. The Morgan fingerprint density at radius 2 is 1.58 bits per heavy atom. The van der Waals surface area contributed by atoms with Gasteiger partial charge in [0.25, 0.3) is 0 Å². The van der Waals surface area contributed by atoms with E-state index < -0.39 is 0 Å². The molecular weight excluding hydrogens is 294 g/mol. The van der Waals surface area contributed by atoms with Gasteiger partial charge in [-0.05, 0) is 77.3 Å². The van der Waals surface area contributed by atoms with Crippen LogP contribution in [-0.2, 0) is 0 Å². The van der Waals surface area contributed by atoms with Crippen LogP contribution >= 0.6 is 0 Å². The van der Waals surface area contributed by atoms with E-state index in [1.165, 1.54) is 65.0 Å². The summed E-state index contributed by atoms with van der Waals surface area (Å²) in [6, 6.07) is 2.38. The molecule has 1 atom stereocenters. The third-order valence-electron chi connectivity index (χ3n) is 7.22. The Kier molecular flexibility index (Phi) is 6.26. The average molecular weight is 336 g/mol. The number of nitrogens with zero attached hydrogens (tertiary/aromatic N) is 3. The molecule has 3 fully saturated rings. The fourth-order valence-corrected chi connectivity index (χ4v) is 5.22. The monoisotopic (exact) mass is 335 g/mol. The van der Waals surface area contributed by atoms with Crippen molar-refractivity contribution < 1.29 is 0 Å². The average Bonchev–Trinajstić information content (AvgIpc) is 2.48. The first-order valence-electron chi connectivity index (χ1n) is 10.7. The standard InChI is InChI=1S/C21H41N3/c1-16(2)20-12-21(13-20)24-11-10-22(14-18(24)5)15-19-6-8-23(9-7-19)17(3)4/h16-21H,6-15H2,1-5H3/t18-,20?,21?/m1/s1. The summed E-state index contributed by atoms with van der Waals surface area (Å²) in [7, 11) is 0. The lowest BCUT2D eigenvalue weighted by Gasteiger charge is -2.51. The molecular formula is C21H41N3. The Morgan fingerprint density at radius 3 is 2.12 bits per heavy atom. The third-order valence-corrected chi connectivity index (χ3v) is 7.22. The van der Waals surface area contributed by atoms with E-state index in [2.05, 4.69) is 49.3 Å². The van der Waals surface area contributed by atoms with Crippen molar-refractivity contribution >= 4 is 0 Å². The van der Waals surface area contributed by atoms with E-state index in [0.29, 0.717) is 0 Å². The molecule has 0 spiro atoms. The Labute approximate surface area is 150 Å². The van der Waals surface area contributed by atoms with E-state index in [-0.39, 0.29) is 0 Å². The summed E-state index contributed by atoms with van der Waals surface area (Å²) in [5.41, 5.74) is 0. The largest absolute Gasteiger partial charge is 0.301 e. The molecule has 2 heterocycles. The Bertz CT molecular complexity index is 381. The summed E-state index contributed by atoms with van der Waals surface area (Å²) in [5.74, 6) is 2.81. The summed E-state index contributed by atoms with van der Waals surface area (Å²) in [6.07, 6.45) is 5.72. The highest BCUT2D eigenvalue weighted by Gasteiger charge is 2.39. The van der Waals surface area contributed by atoms with Crippen LogP contribution in [0.25, 0.3) is 0 Å². The number of hydrogen-bond acceptors (Lipinski definition) is 3. The Balaban J connectivity index is 1.39. The lowest BCUT2D eigenvalue weighted by molar-refractivity contribution is -0.0185. The van der Waals surface area contributed by atoms with Crippen LogP contribution in [0.2, 0.25) is 0 Å². The van der Waals surface area contributed by atoms with E-state index in [0.717, 1.165) is 35.9 Å². The number of piperidine rings is 1. The van der Waals surface area contributed by atoms with Crippen LogP contribution in [0.1, 0.15) is 60.3 Å². The van der Waals surface area contributed by atoms with Gasteiger partial charge in [-0.15, -0.1) is 0 Å². The highest BCUT2D eigenvalue weighted by atomic mass is 15.3. The molecule has 2 aliphatic heterocycles. The summed E-state index contributed by atoms with van der Waals surface area (Å²) in [4.78, 5) is 8.25. The van der Waals surface area contributed by atoms with Gasteiger partial charge in [-0.1, -0.05) is 13.8 Å². The molecule has 1 saturated carbocycles. The maximum atomic E-state index is 2.83. The van der Waals surface area contributed by atoms with Crippen LogP contribution in [-0.4, -0.2) is 72.1 Å². The molecule has 3 aliphatic rings. The quantitative estimate of drug-likeness (QED) is 0.761. The molecule has 0 aromatic heterocycles. The molecule has 2 saturated heterocycles. The molecule has 0 aromatic rings. The van der Waals surface area contributed by atoms with E-state index in [4.69, 9.17) is 0 Å². The van der Waals surface area contributed by atoms with Gasteiger partial charge in [0.15, 0.2) is 0 Å². The first-order valence-corrected chi connectivity index (χ1v) is 10.7. The number of hydrogen-bond donors (Lipinski definition) is 0. The van der Waals surface area contributed by atoms with E-state index in [1.54, 1.807) is 0 Å². The first-order chi connectivity index (χ1) is 11.4. The molecule has 3 rings (SSSR count). The summed E-state index contributed by atoms with van der Waals surface area (Å²) in [6.45, 7) is 19.8. The van der Waals surface area contributed by atoms with Crippen molar-refractivity contribution in [2.24, 2.45) is 17.8 Å². The lowest BCUT2D eigenvalue weighted by Crippen LogP contribution is -2.59. The summed E-state index contributed by atoms with van der Waals surface area (Å²) in [5, 5.41) is 0. The molecule has 0 N–H and O–H groups in total. The van der Waals surface area contributed by atoms with Crippen molar-refractivity contribution in [3.05, 3.63) is 0 Å². The second-order valence-corrected chi connectivity index (χ2v) is 9.55. The van der Waals surface area contributed by atoms with Gasteiger partial charge in [-0.25, -0.2) is 0 Å². The maximum Gasteiger partial charge on any atom is 0.0198 e. The second-order valence-electron chi connectivity index (χ2n) is 9.55. The van der Waals surface area contributed by atoms with Crippen molar-refractivity contribution in [2.75, 3.05) is 39.3 Å². The van der Waals surface area contributed by atoms with Crippen LogP contribution in [0, 0.1) is 17.8 Å². The predicted molar refractivity (Wildman–Crippen MR) is 103 cm³/mol. The third kappa shape index (κ3) is 4.34.